The standard InChI is InChI=1S/C16H25NO3/c1-4-17(11-9-16(18)19-3)10-6-12-20-15-8-5-7-14(2)13-15/h5,7-8,13H,4,6,9-12H2,1-3H3. The van der Waals surface area contributed by atoms with E-state index in [2.05, 4.69) is 29.6 Å². The van der Waals surface area contributed by atoms with Crippen molar-refractivity contribution in [3.05, 3.63) is 29.8 Å². The van der Waals surface area contributed by atoms with Crippen LogP contribution in [0.3, 0.4) is 0 Å². The van der Waals surface area contributed by atoms with Gasteiger partial charge in [-0.3, -0.25) is 4.79 Å². The Labute approximate surface area is 121 Å². The molecule has 0 atom stereocenters. The number of carbonyl (C=O) groups excluding carboxylic acids is 1. The Kier molecular flexibility index (Phi) is 7.73. The summed E-state index contributed by atoms with van der Waals surface area (Å²) in [5.41, 5.74) is 1.20. The first-order valence-corrected chi connectivity index (χ1v) is 7.14. The molecule has 0 amide bonds. The van der Waals surface area contributed by atoms with Gasteiger partial charge >= 0.3 is 5.97 Å². The lowest BCUT2D eigenvalue weighted by Gasteiger charge is -2.19. The quantitative estimate of drug-likeness (QED) is 0.514. The van der Waals surface area contributed by atoms with Gasteiger partial charge in [-0.05, 0) is 37.6 Å². The van der Waals surface area contributed by atoms with Crippen LogP contribution in [0, 0.1) is 6.92 Å². The number of esters is 1. The second-order valence-corrected chi connectivity index (χ2v) is 4.78. The lowest BCUT2D eigenvalue weighted by molar-refractivity contribution is -0.140. The highest BCUT2D eigenvalue weighted by atomic mass is 16.5. The number of ether oxygens (including phenoxy) is 2. The Morgan fingerprint density at radius 3 is 2.75 bits per heavy atom. The van der Waals surface area contributed by atoms with Gasteiger partial charge in [0.05, 0.1) is 20.1 Å². The summed E-state index contributed by atoms with van der Waals surface area (Å²) in [6.45, 7) is 7.45. The summed E-state index contributed by atoms with van der Waals surface area (Å²) in [4.78, 5) is 13.3. The van der Waals surface area contributed by atoms with Crippen molar-refractivity contribution in [2.45, 2.75) is 26.7 Å². The van der Waals surface area contributed by atoms with Gasteiger partial charge in [-0.25, -0.2) is 0 Å². The third kappa shape index (κ3) is 6.57. The topological polar surface area (TPSA) is 38.8 Å². The molecule has 1 aromatic carbocycles. The maximum absolute atomic E-state index is 11.1. The molecule has 0 saturated carbocycles. The number of aryl methyl sites for hydroxylation is 1. The number of benzene rings is 1. The van der Waals surface area contributed by atoms with Gasteiger partial charge in [0.1, 0.15) is 5.75 Å². The van der Waals surface area contributed by atoms with Crippen molar-refractivity contribution >= 4 is 5.97 Å². The number of nitrogens with zero attached hydrogens (tertiary/aromatic N) is 1. The van der Waals surface area contributed by atoms with Crippen molar-refractivity contribution in [2.24, 2.45) is 0 Å². The van der Waals surface area contributed by atoms with E-state index < -0.39 is 0 Å². The predicted molar refractivity (Wildman–Crippen MR) is 80.0 cm³/mol. The smallest absolute Gasteiger partial charge is 0.306 e. The molecule has 1 aromatic rings. The minimum Gasteiger partial charge on any atom is -0.494 e. The van der Waals surface area contributed by atoms with Crippen molar-refractivity contribution in [3.8, 4) is 5.75 Å². The first-order valence-electron chi connectivity index (χ1n) is 7.14. The second-order valence-electron chi connectivity index (χ2n) is 4.78. The molecule has 0 fully saturated rings. The number of hydrogen-bond acceptors (Lipinski definition) is 4. The minimum atomic E-state index is -0.153. The van der Waals surface area contributed by atoms with Crippen LogP contribution in [0.2, 0.25) is 0 Å². The molecule has 0 N–H and O–H groups in total. The van der Waals surface area contributed by atoms with Gasteiger partial charge in [-0.1, -0.05) is 19.1 Å². The Morgan fingerprint density at radius 1 is 1.30 bits per heavy atom. The fraction of sp³-hybridized carbons (Fsp3) is 0.562. The molecule has 0 aromatic heterocycles. The van der Waals surface area contributed by atoms with Crippen molar-refractivity contribution in [1.29, 1.82) is 0 Å². The van der Waals surface area contributed by atoms with E-state index in [9.17, 15) is 4.79 Å². The van der Waals surface area contributed by atoms with Crippen LogP contribution in [0.1, 0.15) is 25.3 Å². The Morgan fingerprint density at radius 2 is 2.10 bits per heavy atom. The van der Waals surface area contributed by atoms with E-state index in [-0.39, 0.29) is 5.97 Å². The van der Waals surface area contributed by atoms with E-state index in [0.29, 0.717) is 13.0 Å². The van der Waals surface area contributed by atoms with E-state index >= 15 is 0 Å². The molecule has 0 radical (unpaired) electrons. The molecule has 0 aliphatic heterocycles. The van der Waals surface area contributed by atoms with Crippen LogP contribution in [0.5, 0.6) is 5.75 Å². The van der Waals surface area contributed by atoms with E-state index in [0.717, 1.165) is 31.8 Å². The van der Waals surface area contributed by atoms with Crippen molar-refractivity contribution in [1.82, 2.24) is 4.90 Å². The van der Waals surface area contributed by atoms with Crippen molar-refractivity contribution in [2.75, 3.05) is 33.4 Å². The number of rotatable bonds is 9. The van der Waals surface area contributed by atoms with Crippen LogP contribution >= 0.6 is 0 Å². The molecule has 0 heterocycles. The molecule has 20 heavy (non-hydrogen) atoms. The molecule has 0 aliphatic rings. The summed E-state index contributed by atoms with van der Waals surface area (Å²) < 4.78 is 10.4. The lowest BCUT2D eigenvalue weighted by Crippen LogP contribution is -2.28. The SMILES string of the molecule is CCN(CCCOc1cccc(C)c1)CCC(=O)OC. The molecular weight excluding hydrogens is 254 g/mol. The Bertz CT molecular complexity index is 406. The van der Waals surface area contributed by atoms with Gasteiger partial charge in [0.2, 0.25) is 0 Å². The van der Waals surface area contributed by atoms with E-state index in [1.807, 2.05) is 18.2 Å². The second kappa shape index (κ2) is 9.37. The maximum Gasteiger partial charge on any atom is 0.306 e. The fourth-order valence-electron chi connectivity index (χ4n) is 1.96. The molecular formula is C16H25NO3. The Balaban J connectivity index is 2.19. The zero-order valence-electron chi connectivity index (χ0n) is 12.7. The highest BCUT2D eigenvalue weighted by Crippen LogP contribution is 2.12. The van der Waals surface area contributed by atoms with E-state index in [1.165, 1.54) is 12.7 Å². The summed E-state index contributed by atoms with van der Waals surface area (Å²) in [6.07, 6.45) is 1.39. The van der Waals surface area contributed by atoms with E-state index in [4.69, 9.17) is 4.74 Å². The van der Waals surface area contributed by atoms with E-state index in [1.54, 1.807) is 0 Å². The first kappa shape index (κ1) is 16.5. The van der Waals surface area contributed by atoms with Crippen LogP contribution in [0.4, 0.5) is 0 Å². The largest absolute Gasteiger partial charge is 0.494 e. The van der Waals surface area contributed by atoms with Gasteiger partial charge < -0.3 is 14.4 Å². The van der Waals surface area contributed by atoms with Gasteiger partial charge in [0.25, 0.3) is 0 Å². The van der Waals surface area contributed by atoms with Crippen molar-refractivity contribution < 1.29 is 14.3 Å². The van der Waals surface area contributed by atoms with Crippen LogP contribution in [-0.2, 0) is 9.53 Å². The summed E-state index contributed by atoms with van der Waals surface area (Å²) in [6, 6.07) is 8.06. The molecule has 1 rings (SSSR count). The molecule has 4 heteroatoms. The van der Waals surface area contributed by atoms with Crippen LogP contribution in [-0.4, -0.2) is 44.2 Å². The fourth-order valence-corrected chi connectivity index (χ4v) is 1.96. The van der Waals surface area contributed by atoms with Crippen LogP contribution in [0.25, 0.3) is 0 Å². The van der Waals surface area contributed by atoms with Gasteiger partial charge in [-0.2, -0.15) is 0 Å². The number of methoxy groups -OCH3 is 1. The summed E-state index contributed by atoms with van der Waals surface area (Å²) in [5.74, 6) is 0.766. The predicted octanol–water partition coefficient (Wildman–Crippen LogP) is 2.65. The van der Waals surface area contributed by atoms with Crippen molar-refractivity contribution in [3.63, 3.8) is 0 Å². The van der Waals surface area contributed by atoms with Crippen LogP contribution in [0.15, 0.2) is 24.3 Å². The summed E-state index contributed by atoms with van der Waals surface area (Å²) >= 11 is 0. The molecule has 0 bridgehead atoms. The maximum atomic E-state index is 11.1. The minimum absolute atomic E-state index is 0.153. The molecule has 4 nitrogen and oxygen atoms in total. The lowest BCUT2D eigenvalue weighted by atomic mass is 10.2. The highest BCUT2D eigenvalue weighted by molar-refractivity contribution is 5.69. The van der Waals surface area contributed by atoms with Gasteiger partial charge in [-0.15, -0.1) is 0 Å². The van der Waals surface area contributed by atoms with Crippen LogP contribution < -0.4 is 4.74 Å². The normalized spacial score (nSPS) is 10.6. The van der Waals surface area contributed by atoms with Gasteiger partial charge in [0, 0.05) is 13.1 Å². The monoisotopic (exact) mass is 279 g/mol. The van der Waals surface area contributed by atoms with Gasteiger partial charge in [0.15, 0.2) is 0 Å². The number of carbonyl (C=O) groups is 1. The summed E-state index contributed by atoms with van der Waals surface area (Å²) in [7, 11) is 1.42. The third-order valence-electron chi connectivity index (χ3n) is 3.18. The Hall–Kier alpha value is -1.55. The highest BCUT2D eigenvalue weighted by Gasteiger charge is 2.06. The first-order chi connectivity index (χ1) is 9.65. The molecule has 0 unspecified atom stereocenters. The third-order valence-corrected chi connectivity index (χ3v) is 3.18. The average molecular weight is 279 g/mol. The molecule has 0 aliphatic carbocycles. The zero-order chi connectivity index (χ0) is 14.8. The zero-order valence-corrected chi connectivity index (χ0v) is 12.7. The number of hydrogen-bond donors (Lipinski definition) is 0. The summed E-state index contributed by atoms with van der Waals surface area (Å²) in [5, 5.41) is 0. The molecule has 0 saturated heterocycles. The molecule has 0 spiro atoms. The molecule has 112 valence electrons. The average Bonchev–Trinajstić information content (AvgIpc) is 2.46.